The van der Waals surface area contributed by atoms with Gasteiger partial charge in [0.1, 0.15) is 5.75 Å². The van der Waals surface area contributed by atoms with Gasteiger partial charge in [0.25, 0.3) is 0 Å². The zero-order valence-electron chi connectivity index (χ0n) is 16.0. The summed E-state index contributed by atoms with van der Waals surface area (Å²) in [4.78, 5) is 18.5. The lowest BCUT2D eigenvalue weighted by Gasteiger charge is -2.16. The average molecular weight is 415 g/mol. The molecule has 0 bridgehead atoms. The molecule has 0 amide bonds. The lowest BCUT2D eigenvalue weighted by molar-refractivity contribution is 0.0520. The van der Waals surface area contributed by atoms with Crippen molar-refractivity contribution < 1.29 is 23.0 Å². The lowest BCUT2D eigenvalue weighted by Crippen LogP contribution is -2.12. The quantitative estimate of drug-likeness (QED) is 0.482. The minimum atomic E-state index is -1.01. The molecule has 0 radical (unpaired) electrons. The van der Waals surface area contributed by atoms with Crippen LogP contribution in [0, 0.1) is 11.6 Å². The smallest absolute Gasteiger partial charge is 0.341 e. The Hall–Kier alpha value is -2.67. The van der Waals surface area contributed by atoms with Gasteiger partial charge in [-0.05, 0) is 56.2 Å². The first-order valence-corrected chi connectivity index (χ1v) is 10.2. The number of esters is 1. The van der Waals surface area contributed by atoms with Crippen LogP contribution in [0.5, 0.6) is 5.75 Å². The predicted molar refractivity (Wildman–Crippen MR) is 107 cm³/mol. The van der Waals surface area contributed by atoms with Crippen molar-refractivity contribution >= 4 is 28.6 Å². The maximum atomic E-state index is 14.9. The highest BCUT2D eigenvalue weighted by molar-refractivity contribution is 7.99. The highest BCUT2D eigenvalue weighted by atomic mass is 32.2. The van der Waals surface area contributed by atoms with Gasteiger partial charge in [-0.1, -0.05) is 11.8 Å². The third kappa shape index (κ3) is 3.79. The second-order valence-electron chi connectivity index (χ2n) is 6.73. The summed E-state index contributed by atoms with van der Waals surface area (Å²) in [6.45, 7) is 1.89. The molecule has 1 aliphatic carbocycles. The molecule has 0 aliphatic heterocycles. The van der Waals surface area contributed by atoms with Gasteiger partial charge < -0.3 is 9.47 Å². The predicted octanol–water partition coefficient (Wildman–Crippen LogP) is 5.73. The number of aromatic nitrogens is 1. The SMILES string of the molecule is CCOC(=O)c1c(C2CC2)nc2ccc(F)c(F)c2c1Sc1ccc(OC)cc1. The van der Waals surface area contributed by atoms with Crippen molar-refractivity contribution in [2.24, 2.45) is 0 Å². The van der Waals surface area contributed by atoms with Crippen LogP contribution >= 0.6 is 11.8 Å². The Labute approximate surface area is 171 Å². The molecule has 29 heavy (non-hydrogen) atoms. The topological polar surface area (TPSA) is 48.4 Å². The van der Waals surface area contributed by atoms with E-state index in [4.69, 9.17) is 9.47 Å². The molecule has 7 heteroatoms. The van der Waals surface area contributed by atoms with Crippen LogP contribution in [0.1, 0.15) is 41.7 Å². The van der Waals surface area contributed by atoms with Crippen LogP contribution in [0.3, 0.4) is 0 Å². The van der Waals surface area contributed by atoms with E-state index >= 15 is 0 Å². The third-order valence-corrected chi connectivity index (χ3v) is 5.87. The Morgan fingerprint density at radius 1 is 1.17 bits per heavy atom. The molecule has 1 fully saturated rings. The van der Waals surface area contributed by atoms with E-state index in [1.54, 1.807) is 38.3 Å². The summed E-state index contributed by atoms with van der Waals surface area (Å²) in [7, 11) is 1.57. The number of hydrogen-bond acceptors (Lipinski definition) is 5. The van der Waals surface area contributed by atoms with Crippen LogP contribution in [0.2, 0.25) is 0 Å². The Bertz CT molecular complexity index is 1080. The highest BCUT2D eigenvalue weighted by Crippen LogP contribution is 2.46. The van der Waals surface area contributed by atoms with Crippen molar-refractivity contribution in [1.29, 1.82) is 0 Å². The van der Waals surface area contributed by atoms with E-state index in [1.807, 2.05) is 0 Å². The van der Waals surface area contributed by atoms with Crippen molar-refractivity contribution in [2.45, 2.75) is 35.5 Å². The van der Waals surface area contributed by atoms with Gasteiger partial charge in [-0.25, -0.2) is 13.6 Å². The minimum absolute atomic E-state index is 0.00160. The number of halogens is 2. The van der Waals surface area contributed by atoms with Crippen molar-refractivity contribution in [3.63, 3.8) is 0 Å². The molecular formula is C22H19F2NO3S. The van der Waals surface area contributed by atoms with Gasteiger partial charge in [-0.3, -0.25) is 4.98 Å². The molecule has 1 heterocycles. The number of benzene rings is 2. The van der Waals surface area contributed by atoms with Crippen LogP contribution in [-0.4, -0.2) is 24.7 Å². The van der Waals surface area contributed by atoms with Crippen molar-refractivity contribution in [3.8, 4) is 5.75 Å². The van der Waals surface area contributed by atoms with Crippen molar-refractivity contribution in [2.75, 3.05) is 13.7 Å². The van der Waals surface area contributed by atoms with Crippen LogP contribution in [-0.2, 0) is 4.74 Å². The number of rotatable bonds is 6. The molecule has 0 atom stereocenters. The van der Waals surface area contributed by atoms with Gasteiger partial charge in [0.05, 0.1) is 35.9 Å². The first kappa shape index (κ1) is 19.6. The first-order valence-electron chi connectivity index (χ1n) is 9.34. The van der Waals surface area contributed by atoms with Gasteiger partial charge in [-0.15, -0.1) is 0 Å². The van der Waals surface area contributed by atoms with Crippen LogP contribution in [0.4, 0.5) is 8.78 Å². The summed E-state index contributed by atoms with van der Waals surface area (Å²) in [5, 5.41) is -0.00160. The van der Waals surface area contributed by atoms with E-state index in [2.05, 4.69) is 4.98 Å². The molecule has 1 aliphatic rings. The Morgan fingerprint density at radius 2 is 1.90 bits per heavy atom. The summed E-state index contributed by atoms with van der Waals surface area (Å²) < 4.78 is 39.4. The maximum Gasteiger partial charge on any atom is 0.341 e. The molecular weight excluding hydrogens is 396 g/mol. The molecule has 0 spiro atoms. The number of carbonyl (C=O) groups is 1. The molecule has 0 saturated heterocycles. The number of ether oxygens (including phenoxy) is 2. The van der Waals surface area contributed by atoms with Crippen molar-refractivity contribution in [1.82, 2.24) is 4.98 Å². The fraction of sp³-hybridized carbons (Fsp3) is 0.273. The van der Waals surface area contributed by atoms with E-state index < -0.39 is 17.6 Å². The van der Waals surface area contributed by atoms with Crippen LogP contribution < -0.4 is 4.74 Å². The van der Waals surface area contributed by atoms with Gasteiger partial charge in [0, 0.05) is 15.7 Å². The van der Waals surface area contributed by atoms with Crippen molar-refractivity contribution in [3.05, 3.63) is 59.3 Å². The Morgan fingerprint density at radius 3 is 2.52 bits per heavy atom. The number of nitrogens with zero attached hydrogens (tertiary/aromatic N) is 1. The summed E-state index contributed by atoms with van der Waals surface area (Å²) >= 11 is 1.20. The number of carbonyl (C=O) groups excluding carboxylic acids is 1. The summed E-state index contributed by atoms with van der Waals surface area (Å²) in [5.74, 6) is -1.76. The second-order valence-corrected chi connectivity index (χ2v) is 7.81. The summed E-state index contributed by atoms with van der Waals surface area (Å²) in [5.41, 5.74) is 1.15. The average Bonchev–Trinajstić information content (AvgIpc) is 3.56. The Kier molecular flexibility index (Phi) is 5.41. The standard InChI is InChI=1S/C22H19F2NO3S/c1-3-28-22(26)18-20(12-4-5-12)25-16-11-10-15(23)19(24)17(16)21(18)29-14-8-6-13(27-2)7-9-14/h6-12H,3-5H2,1-2H3. The molecule has 4 rings (SSSR count). The van der Waals surface area contributed by atoms with Crippen LogP contribution in [0.15, 0.2) is 46.2 Å². The second kappa shape index (κ2) is 7.99. The van der Waals surface area contributed by atoms with E-state index in [0.717, 1.165) is 23.8 Å². The molecule has 2 aromatic carbocycles. The van der Waals surface area contributed by atoms with Gasteiger partial charge in [0.15, 0.2) is 11.6 Å². The van der Waals surface area contributed by atoms with E-state index in [1.165, 1.54) is 17.8 Å². The Balaban J connectivity index is 1.97. The number of fused-ring (bicyclic) bond motifs is 1. The molecule has 1 saturated carbocycles. The van der Waals surface area contributed by atoms with Crippen LogP contribution in [0.25, 0.3) is 10.9 Å². The molecule has 150 valence electrons. The number of methoxy groups -OCH3 is 1. The van der Waals surface area contributed by atoms with E-state index in [9.17, 15) is 13.6 Å². The third-order valence-electron chi connectivity index (χ3n) is 4.75. The van der Waals surface area contributed by atoms with Gasteiger partial charge in [-0.2, -0.15) is 0 Å². The lowest BCUT2D eigenvalue weighted by atomic mass is 10.1. The van der Waals surface area contributed by atoms with Gasteiger partial charge in [0.2, 0.25) is 0 Å². The first-order chi connectivity index (χ1) is 14.0. The molecule has 1 aromatic heterocycles. The van der Waals surface area contributed by atoms with E-state index in [-0.39, 0.29) is 23.5 Å². The monoisotopic (exact) mass is 415 g/mol. The zero-order chi connectivity index (χ0) is 20.5. The molecule has 4 nitrogen and oxygen atoms in total. The maximum absolute atomic E-state index is 14.9. The zero-order valence-corrected chi connectivity index (χ0v) is 16.8. The summed E-state index contributed by atoms with van der Waals surface area (Å²) in [6.07, 6.45) is 1.81. The number of pyridine rings is 1. The largest absolute Gasteiger partial charge is 0.497 e. The minimum Gasteiger partial charge on any atom is -0.497 e. The normalized spacial score (nSPS) is 13.5. The van der Waals surface area contributed by atoms with E-state index in [0.29, 0.717) is 21.9 Å². The summed E-state index contributed by atoms with van der Waals surface area (Å²) in [6, 6.07) is 9.67. The fourth-order valence-corrected chi connectivity index (χ4v) is 4.29. The molecule has 0 unspecified atom stereocenters. The van der Waals surface area contributed by atoms with Gasteiger partial charge >= 0.3 is 5.97 Å². The molecule has 3 aromatic rings. The highest BCUT2D eigenvalue weighted by Gasteiger charge is 2.34. The number of hydrogen-bond donors (Lipinski definition) is 0. The molecule has 0 N–H and O–H groups in total. The fourth-order valence-electron chi connectivity index (χ4n) is 3.19.